The van der Waals surface area contributed by atoms with Gasteiger partial charge in [-0.05, 0) is 47.1 Å². The molecule has 0 fully saturated rings. The van der Waals surface area contributed by atoms with E-state index >= 15 is 0 Å². The van der Waals surface area contributed by atoms with Crippen molar-refractivity contribution in [2.75, 3.05) is 6.54 Å². The van der Waals surface area contributed by atoms with Crippen molar-refractivity contribution in [3.05, 3.63) is 22.5 Å². The number of carbonyl (C=O) groups excluding carboxylic acids is 3. The van der Waals surface area contributed by atoms with E-state index in [0.29, 0.717) is 16.8 Å². The van der Waals surface area contributed by atoms with Crippen LogP contribution in [0.5, 0.6) is 0 Å². The van der Waals surface area contributed by atoms with Gasteiger partial charge in [0.1, 0.15) is 5.69 Å². The highest BCUT2D eigenvalue weighted by Gasteiger charge is 2.28. The van der Waals surface area contributed by atoms with E-state index in [4.69, 9.17) is 10.5 Å². The molecule has 4 N–H and O–H groups in total. The Balaban J connectivity index is 2.96. The minimum absolute atomic E-state index is 0.102. The summed E-state index contributed by atoms with van der Waals surface area (Å²) in [6, 6.07) is 0. The van der Waals surface area contributed by atoms with E-state index in [1.807, 2.05) is 0 Å². The first-order chi connectivity index (χ1) is 10.5. The van der Waals surface area contributed by atoms with Gasteiger partial charge in [-0.25, -0.2) is 4.79 Å². The summed E-state index contributed by atoms with van der Waals surface area (Å²) in [6.07, 6.45) is -0.246. The van der Waals surface area contributed by atoms with Gasteiger partial charge in [0.05, 0.1) is 17.1 Å². The largest absolute Gasteiger partial charge is 0.459 e. The average molecular weight is 323 g/mol. The van der Waals surface area contributed by atoms with Crippen LogP contribution >= 0.6 is 0 Å². The van der Waals surface area contributed by atoms with E-state index in [9.17, 15) is 14.4 Å². The molecule has 0 aliphatic heterocycles. The summed E-state index contributed by atoms with van der Waals surface area (Å²) in [6.45, 7) is 10.3. The quantitative estimate of drug-likeness (QED) is 0.687. The molecule has 7 nitrogen and oxygen atoms in total. The molecular formula is C16H25N3O4. The molecular weight excluding hydrogens is 298 g/mol. The Morgan fingerprint density at radius 3 is 2.30 bits per heavy atom. The van der Waals surface area contributed by atoms with E-state index < -0.39 is 23.2 Å². The van der Waals surface area contributed by atoms with Gasteiger partial charge >= 0.3 is 5.97 Å². The number of aromatic amines is 1. The molecule has 1 aromatic rings. The SMILES string of the molecule is Cc1[nH]c(C(=O)NCC(C)(C)C(N)=O)c(C)c1C(=O)OC(C)C. The molecule has 0 saturated heterocycles. The van der Waals surface area contributed by atoms with Gasteiger partial charge in [0.15, 0.2) is 0 Å². The van der Waals surface area contributed by atoms with Crippen molar-refractivity contribution in [3.63, 3.8) is 0 Å². The Labute approximate surface area is 136 Å². The second-order valence-corrected chi connectivity index (χ2v) is 6.51. The van der Waals surface area contributed by atoms with Crippen LogP contribution in [0.1, 0.15) is 59.8 Å². The number of aryl methyl sites for hydroxylation is 1. The average Bonchev–Trinajstić information content (AvgIpc) is 2.70. The first-order valence-electron chi connectivity index (χ1n) is 7.45. The van der Waals surface area contributed by atoms with Crippen LogP contribution in [0.3, 0.4) is 0 Å². The van der Waals surface area contributed by atoms with Gasteiger partial charge in [-0.3, -0.25) is 9.59 Å². The molecule has 1 aromatic heterocycles. The molecule has 0 aromatic carbocycles. The van der Waals surface area contributed by atoms with Gasteiger partial charge in [0.25, 0.3) is 5.91 Å². The Bertz CT molecular complexity index is 630. The lowest BCUT2D eigenvalue weighted by Gasteiger charge is -2.20. The monoisotopic (exact) mass is 323 g/mol. The van der Waals surface area contributed by atoms with Crippen LogP contribution in [0.25, 0.3) is 0 Å². The van der Waals surface area contributed by atoms with E-state index in [1.165, 1.54) is 0 Å². The summed E-state index contributed by atoms with van der Waals surface area (Å²) >= 11 is 0. The van der Waals surface area contributed by atoms with Gasteiger partial charge < -0.3 is 20.8 Å². The zero-order valence-electron chi connectivity index (χ0n) is 14.5. The van der Waals surface area contributed by atoms with Crippen LogP contribution in [0.2, 0.25) is 0 Å². The van der Waals surface area contributed by atoms with Crippen molar-refractivity contribution in [1.82, 2.24) is 10.3 Å². The summed E-state index contributed by atoms with van der Waals surface area (Å²) in [4.78, 5) is 38.6. The molecule has 23 heavy (non-hydrogen) atoms. The van der Waals surface area contributed by atoms with Crippen LogP contribution in [0, 0.1) is 19.3 Å². The van der Waals surface area contributed by atoms with E-state index in [-0.39, 0.29) is 18.3 Å². The Hall–Kier alpha value is -2.31. The highest BCUT2D eigenvalue weighted by Crippen LogP contribution is 2.20. The maximum Gasteiger partial charge on any atom is 0.340 e. The zero-order chi connectivity index (χ0) is 17.9. The Morgan fingerprint density at radius 1 is 1.26 bits per heavy atom. The van der Waals surface area contributed by atoms with E-state index in [2.05, 4.69) is 10.3 Å². The standard InChI is InChI=1S/C16H25N3O4/c1-8(2)23-14(21)11-9(3)12(19-10(11)4)13(20)18-7-16(5,6)15(17)22/h8,19H,7H2,1-6H3,(H2,17,22)(H,18,20). The Kier molecular flexibility index (Phi) is 5.58. The fourth-order valence-corrected chi connectivity index (χ4v) is 2.03. The minimum Gasteiger partial charge on any atom is -0.459 e. The summed E-state index contributed by atoms with van der Waals surface area (Å²) in [5.74, 6) is -1.37. The van der Waals surface area contributed by atoms with E-state index in [0.717, 1.165) is 0 Å². The third-order valence-electron chi connectivity index (χ3n) is 3.57. The van der Waals surface area contributed by atoms with Crippen LogP contribution in [-0.4, -0.2) is 35.4 Å². The number of esters is 1. The lowest BCUT2D eigenvalue weighted by molar-refractivity contribution is -0.125. The predicted molar refractivity (Wildman–Crippen MR) is 86.1 cm³/mol. The third-order valence-corrected chi connectivity index (χ3v) is 3.57. The van der Waals surface area contributed by atoms with E-state index in [1.54, 1.807) is 41.5 Å². The van der Waals surface area contributed by atoms with Crippen molar-refractivity contribution in [3.8, 4) is 0 Å². The first kappa shape index (κ1) is 18.7. The molecule has 0 atom stereocenters. The molecule has 0 unspecified atom stereocenters. The number of aromatic nitrogens is 1. The van der Waals surface area contributed by atoms with Crippen molar-refractivity contribution in [1.29, 1.82) is 0 Å². The van der Waals surface area contributed by atoms with Crippen molar-refractivity contribution >= 4 is 17.8 Å². The maximum atomic E-state index is 12.3. The molecule has 0 spiro atoms. The van der Waals surface area contributed by atoms with Crippen LogP contribution in [-0.2, 0) is 9.53 Å². The van der Waals surface area contributed by atoms with Gasteiger partial charge in [0.2, 0.25) is 5.91 Å². The number of rotatable bonds is 6. The highest BCUT2D eigenvalue weighted by molar-refractivity contribution is 6.00. The zero-order valence-corrected chi connectivity index (χ0v) is 14.5. The second kappa shape index (κ2) is 6.85. The highest BCUT2D eigenvalue weighted by atomic mass is 16.5. The molecule has 2 amide bonds. The molecule has 0 aliphatic carbocycles. The molecule has 128 valence electrons. The minimum atomic E-state index is -0.857. The number of amides is 2. The summed E-state index contributed by atoms with van der Waals surface area (Å²) < 4.78 is 5.18. The number of nitrogens with one attached hydrogen (secondary N) is 2. The van der Waals surface area contributed by atoms with Crippen molar-refractivity contribution in [2.45, 2.75) is 47.6 Å². The van der Waals surface area contributed by atoms with Gasteiger partial charge in [-0.15, -0.1) is 0 Å². The normalized spacial score (nSPS) is 11.4. The summed E-state index contributed by atoms with van der Waals surface area (Å²) in [5, 5.41) is 2.66. The number of hydrogen-bond acceptors (Lipinski definition) is 4. The number of carbonyl (C=O) groups is 3. The molecule has 0 aliphatic rings. The Morgan fingerprint density at radius 2 is 1.83 bits per heavy atom. The number of nitrogens with two attached hydrogens (primary N) is 1. The fourth-order valence-electron chi connectivity index (χ4n) is 2.03. The lowest BCUT2D eigenvalue weighted by atomic mass is 9.93. The van der Waals surface area contributed by atoms with Crippen LogP contribution in [0.4, 0.5) is 0 Å². The van der Waals surface area contributed by atoms with Gasteiger partial charge in [-0.1, -0.05) is 0 Å². The molecule has 1 rings (SSSR count). The predicted octanol–water partition coefficient (Wildman–Crippen LogP) is 1.44. The summed E-state index contributed by atoms with van der Waals surface area (Å²) in [5.41, 5.74) is 6.14. The van der Waals surface area contributed by atoms with Gasteiger partial charge in [0, 0.05) is 12.2 Å². The van der Waals surface area contributed by atoms with Crippen molar-refractivity contribution in [2.24, 2.45) is 11.1 Å². The third kappa shape index (κ3) is 4.34. The lowest BCUT2D eigenvalue weighted by Crippen LogP contribution is -2.42. The number of ether oxygens (including phenoxy) is 1. The number of hydrogen-bond donors (Lipinski definition) is 3. The van der Waals surface area contributed by atoms with Crippen LogP contribution < -0.4 is 11.1 Å². The first-order valence-corrected chi connectivity index (χ1v) is 7.45. The summed E-state index contributed by atoms with van der Waals surface area (Å²) in [7, 11) is 0. The fraction of sp³-hybridized carbons (Fsp3) is 0.562. The molecule has 0 radical (unpaired) electrons. The van der Waals surface area contributed by atoms with Gasteiger partial charge in [-0.2, -0.15) is 0 Å². The smallest absolute Gasteiger partial charge is 0.340 e. The molecule has 0 saturated carbocycles. The number of primary amides is 1. The van der Waals surface area contributed by atoms with Crippen molar-refractivity contribution < 1.29 is 19.1 Å². The van der Waals surface area contributed by atoms with Crippen LogP contribution in [0.15, 0.2) is 0 Å². The topological polar surface area (TPSA) is 114 Å². The molecule has 0 bridgehead atoms. The number of H-pyrrole nitrogens is 1. The molecule has 1 heterocycles. The maximum absolute atomic E-state index is 12.3. The second-order valence-electron chi connectivity index (χ2n) is 6.51. The molecule has 7 heteroatoms.